The first-order chi connectivity index (χ1) is 5.09. The van der Waals surface area contributed by atoms with E-state index in [1.807, 2.05) is 0 Å². The zero-order valence-electron chi connectivity index (χ0n) is 5.53. The van der Waals surface area contributed by atoms with Crippen LogP contribution in [0.4, 0.5) is 0 Å². The highest BCUT2D eigenvalue weighted by atomic mass is 32.2. The van der Waals surface area contributed by atoms with E-state index in [4.69, 9.17) is 10.2 Å². The molecule has 0 aromatic heterocycles. The van der Waals surface area contributed by atoms with Gasteiger partial charge in [0.15, 0.2) is 0 Å². The zero-order valence-corrected chi connectivity index (χ0v) is 6.35. The Hall–Kier alpha value is -0.750. The van der Waals surface area contributed by atoms with E-state index >= 15 is 0 Å². The van der Waals surface area contributed by atoms with Crippen molar-refractivity contribution in [3.05, 3.63) is 0 Å². The van der Waals surface area contributed by atoms with Crippen molar-refractivity contribution in [2.45, 2.75) is 5.54 Å². The number of carboxylic acid groups (broad SMARTS) is 2. The number of nitrogens with one attached hydrogen (secondary N) is 1. The van der Waals surface area contributed by atoms with Gasteiger partial charge in [-0.05, 0) is 0 Å². The Labute approximate surface area is 66.8 Å². The van der Waals surface area contributed by atoms with Gasteiger partial charge in [0, 0.05) is 11.6 Å². The molecule has 1 fully saturated rings. The Morgan fingerprint density at radius 1 is 1.36 bits per heavy atom. The fourth-order valence-corrected chi connectivity index (χ4v) is 1.90. The molecule has 0 amide bonds. The van der Waals surface area contributed by atoms with E-state index in [1.165, 1.54) is 11.8 Å². The molecule has 1 aliphatic heterocycles. The molecule has 11 heavy (non-hydrogen) atoms. The van der Waals surface area contributed by atoms with Crippen molar-refractivity contribution >= 4 is 23.7 Å². The number of hydrogen-bond donors (Lipinski definition) is 3. The summed E-state index contributed by atoms with van der Waals surface area (Å²) in [5.74, 6) is -2.19. The van der Waals surface area contributed by atoms with Gasteiger partial charge >= 0.3 is 11.9 Å². The second kappa shape index (κ2) is 2.71. The van der Waals surface area contributed by atoms with Crippen LogP contribution >= 0.6 is 11.8 Å². The lowest BCUT2D eigenvalue weighted by atomic mass is 10.0. The molecule has 0 aromatic rings. The first-order valence-electron chi connectivity index (χ1n) is 2.89. The van der Waals surface area contributed by atoms with Gasteiger partial charge in [0.25, 0.3) is 0 Å². The average molecular weight is 177 g/mol. The van der Waals surface area contributed by atoms with Crippen LogP contribution in [-0.4, -0.2) is 39.3 Å². The van der Waals surface area contributed by atoms with Crippen molar-refractivity contribution < 1.29 is 19.8 Å². The predicted molar refractivity (Wildman–Crippen MR) is 38.5 cm³/mol. The molecule has 0 atom stereocenters. The topological polar surface area (TPSA) is 86.6 Å². The number of hydrogen-bond acceptors (Lipinski definition) is 4. The van der Waals surface area contributed by atoms with E-state index in [1.54, 1.807) is 0 Å². The maximum atomic E-state index is 10.5. The summed E-state index contributed by atoms with van der Waals surface area (Å²) in [5.41, 5.74) is -1.76. The highest BCUT2D eigenvalue weighted by Crippen LogP contribution is 2.21. The van der Waals surface area contributed by atoms with E-state index in [9.17, 15) is 9.59 Å². The van der Waals surface area contributed by atoms with Crippen molar-refractivity contribution in [1.82, 2.24) is 5.32 Å². The van der Waals surface area contributed by atoms with Crippen LogP contribution in [0.25, 0.3) is 0 Å². The Balaban J connectivity index is 2.87. The third-order valence-electron chi connectivity index (χ3n) is 1.52. The Morgan fingerprint density at radius 3 is 2.09 bits per heavy atom. The average Bonchev–Trinajstić information content (AvgIpc) is 2.34. The molecule has 0 radical (unpaired) electrons. The third-order valence-corrected chi connectivity index (χ3v) is 2.51. The van der Waals surface area contributed by atoms with Crippen molar-refractivity contribution in [1.29, 1.82) is 0 Å². The molecule has 62 valence electrons. The molecule has 1 saturated heterocycles. The second-order valence-corrected chi connectivity index (χ2v) is 3.17. The largest absolute Gasteiger partial charge is 0.479 e. The molecule has 3 N–H and O–H groups in total. The van der Waals surface area contributed by atoms with Gasteiger partial charge in [-0.25, -0.2) is 9.59 Å². The van der Waals surface area contributed by atoms with Crippen LogP contribution in [0.15, 0.2) is 0 Å². The quantitative estimate of drug-likeness (QED) is 0.478. The Bertz CT molecular complexity index is 183. The van der Waals surface area contributed by atoms with E-state index in [0.717, 1.165) is 0 Å². The molecule has 1 heterocycles. The van der Waals surface area contributed by atoms with Gasteiger partial charge in [-0.2, -0.15) is 0 Å². The van der Waals surface area contributed by atoms with Gasteiger partial charge in [-0.1, -0.05) is 0 Å². The minimum Gasteiger partial charge on any atom is -0.479 e. The molecule has 1 aliphatic rings. The number of thioether (sulfide) groups is 1. The second-order valence-electron chi connectivity index (χ2n) is 2.19. The minimum absolute atomic E-state index is 0.0810. The first-order valence-corrected chi connectivity index (χ1v) is 4.04. The molecule has 1 rings (SSSR count). The molecule has 0 aliphatic carbocycles. The fourth-order valence-electron chi connectivity index (χ4n) is 0.796. The number of carboxylic acids is 2. The van der Waals surface area contributed by atoms with E-state index in [2.05, 4.69) is 5.32 Å². The summed E-state index contributed by atoms with van der Waals surface area (Å²) in [4.78, 5) is 21.0. The molecule has 0 spiro atoms. The van der Waals surface area contributed by atoms with Gasteiger partial charge in [-0.15, -0.1) is 11.8 Å². The fraction of sp³-hybridized carbons (Fsp3) is 0.600. The molecule has 0 unspecified atom stereocenters. The summed E-state index contributed by atoms with van der Waals surface area (Å²) >= 11 is 1.26. The first kappa shape index (κ1) is 8.35. The van der Waals surface area contributed by atoms with Gasteiger partial charge in [0.2, 0.25) is 5.54 Å². The third kappa shape index (κ3) is 1.19. The van der Waals surface area contributed by atoms with Gasteiger partial charge < -0.3 is 10.2 Å². The van der Waals surface area contributed by atoms with E-state index < -0.39 is 17.5 Å². The van der Waals surface area contributed by atoms with Gasteiger partial charge in [0.1, 0.15) is 0 Å². The molecular formula is C5H7NO4S. The SMILES string of the molecule is O=C(O)C1(C(=O)O)CSCN1. The Kier molecular flexibility index (Phi) is 2.05. The number of carbonyl (C=O) groups is 2. The minimum atomic E-state index is -1.76. The lowest BCUT2D eigenvalue weighted by molar-refractivity contribution is -0.156. The monoisotopic (exact) mass is 177 g/mol. The Morgan fingerprint density at radius 2 is 1.91 bits per heavy atom. The number of aliphatic carboxylic acids is 2. The van der Waals surface area contributed by atoms with Crippen LogP contribution in [0.2, 0.25) is 0 Å². The van der Waals surface area contributed by atoms with Crippen molar-refractivity contribution in [2.75, 3.05) is 11.6 Å². The summed E-state index contributed by atoms with van der Waals surface area (Å²) in [7, 11) is 0. The standard InChI is InChI=1S/C5H7NO4S/c7-3(8)5(4(9)10)1-11-2-6-5/h6H,1-2H2,(H,7,8)(H,9,10). The molecule has 6 heteroatoms. The summed E-state index contributed by atoms with van der Waals surface area (Å²) in [6, 6.07) is 0. The zero-order chi connectivity index (χ0) is 8.48. The summed E-state index contributed by atoms with van der Waals surface area (Å²) in [5, 5.41) is 19.6. The van der Waals surface area contributed by atoms with Crippen molar-refractivity contribution in [3.8, 4) is 0 Å². The van der Waals surface area contributed by atoms with Crippen molar-refractivity contribution in [2.24, 2.45) is 0 Å². The molecule has 0 saturated carbocycles. The van der Waals surface area contributed by atoms with Crippen LogP contribution in [-0.2, 0) is 9.59 Å². The maximum Gasteiger partial charge on any atom is 0.336 e. The van der Waals surface area contributed by atoms with Crippen molar-refractivity contribution in [3.63, 3.8) is 0 Å². The lowest BCUT2D eigenvalue weighted by Crippen LogP contribution is -2.56. The van der Waals surface area contributed by atoms with Gasteiger partial charge in [0.05, 0.1) is 0 Å². The molecule has 5 nitrogen and oxygen atoms in total. The summed E-state index contributed by atoms with van der Waals surface area (Å²) in [6.07, 6.45) is 0. The van der Waals surface area contributed by atoms with Crippen LogP contribution in [0.1, 0.15) is 0 Å². The van der Waals surface area contributed by atoms with Crippen LogP contribution < -0.4 is 5.32 Å². The van der Waals surface area contributed by atoms with E-state index in [-0.39, 0.29) is 5.75 Å². The highest BCUT2D eigenvalue weighted by Gasteiger charge is 2.49. The lowest BCUT2D eigenvalue weighted by Gasteiger charge is -2.16. The smallest absolute Gasteiger partial charge is 0.336 e. The summed E-state index contributed by atoms with van der Waals surface area (Å²) in [6.45, 7) is 0. The van der Waals surface area contributed by atoms with E-state index in [0.29, 0.717) is 5.88 Å². The highest BCUT2D eigenvalue weighted by molar-refractivity contribution is 7.99. The van der Waals surface area contributed by atoms with Crippen LogP contribution in [0, 0.1) is 0 Å². The molecule has 0 bridgehead atoms. The normalized spacial score (nSPS) is 21.5. The summed E-state index contributed by atoms with van der Waals surface area (Å²) < 4.78 is 0. The molecular weight excluding hydrogens is 170 g/mol. The maximum absolute atomic E-state index is 10.5. The van der Waals surface area contributed by atoms with Crippen LogP contribution in [0.3, 0.4) is 0 Å². The van der Waals surface area contributed by atoms with Gasteiger partial charge in [-0.3, -0.25) is 5.32 Å². The number of rotatable bonds is 2. The molecule has 0 aromatic carbocycles. The van der Waals surface area contributed by atoms with Crippen LogP contribution in [0.5, 0.6) is 0 Å². The predicted octanol–water partition coefficient (Wildman–Crippen LogP) is -0.812.